The quantitative estimate of drug-likeness (QED) is 0.887. The van der Waals surface area contributed by atoms with Crippen LogP contribution in [0, 0.1) is 5.92 Å². The summed E-state index contributed by atoms with van der Waals surface area (Å²) in [5, 5.41) is 3.66. The van der Waals surface area contributed by atoms with Crippen LogP contribution < -0.4 is 5.32 Å². The molecule has 0 amide bonds. The molecule has 0 saturated carbocycles. The molecule has 2 rings (SSSR count). The average Bonchev–Trinajstić information content (AvgIpc) is 2.88. The third kappa shape index (κ3) is 4.57. The number of nitrogens with zero attached hydrogens (tertiary/aromatic N) is 1. The van der Waals surface area contributed by atoms with Crippen LogP contribution in [0.25, 0.3) is 0 Å². The lowest BCUT2D eigenvalue weighted by Crippen LogP contribution is -2.36. The number of thiophene rings is 1. The van der Waals surface area contributed by atoms with Crippen LogP contribution in [-0.4, -0.2) is 31.1 Å². The third-order valence-electron chi connectivity index (χ3n) is 4.29. The lowest BCUT2D eigenvalue weighted by atomic mass is 9.95. The van der Waals surface area contributed by atoms with E-state index in [1.54, 1.807) is 0 Å². The topological polar surface area (TPSA) is 15.3 Å². The molecule has 0 radical (unpaired) electrons. The molecule has 1 fully saturated rings. The summed E-state index contributed by atoms with van der Waals surface area (Å²) in [7, 11) is 0. The van der Waals surface area contributed by atoms with Gasteiger partial charge in [0.25, 0.3) is 0 Å². The van der Waals surface area contributed by atoms with Crippen molar-refractivity contribution in [2.45, 2.75) is 52.5 Å². The van der Waals surface area contributed by atoms with Crippen LogP contribution in [0.5, 0.6) is 0 Å². The van der Waals surface area contributed by atoms with Crippen LogP contribution in [0.3, 0.4) is 0 Å². The lowest BCUT2D eigenvalue weighted by Gasteiger charge is -2.31. The molecule has 3 heteroatoms. The van der Waals surface area contributed by atoms with Gasteiger partial charge in [-0.3, -0.25) is 0 Å². The minimum atomic E-state index is 0.288. The molecule has 1 saturated heterocycles. The predicted octanol–water partition coefficient (Wildman–Crippen LogP) is 3.87. The van der Waals surface area contributed by atoms with Crippen LogP contribution in [0.15, 0.2) is 12.1 Å². The Labute approximate surface area is 128 Å². The lowest BCUT2D eigenvalue weighted by molar-refractivity contribution is 0.190. The summed E-state index contributed by atoms with van der Waals surface area (Å²) in [6, 6.07) is 4.58. The summed E-state index contributed by atoms with van der Waals surface area (Å²) >= 11 is 1.96. The van der Waals surface area contributed by atoms with Crippen LogP contribution >= 0.6 is 11.3 Å². The number of likely N-dealkylation sites (tertiary alicyclic amines) is 1. The van der Waals surface area contributed by atoms with Gasteiger partial charge in [-0.05, 0) is 62.5 Å². The predicted molar refractivity (Wildman–Crippen MR) is 89.6 cm³/mol. The van der Waals surface area contributed by atoms with Crippen molar-refractivity contribution in [3.8, 4) is 0 Å². The van der Waals surface area contributed by atoms with Gasteiger partial charge in [0.2, 0.25) is 0 Å². The van der Waals surface area contributed by atoms with Gasteiger partial charge in [0.05, 0.1) is 0 Å². The largest absolute Gasteiger partial charge is 0.312 e. The molecule has 0 aromatic carbocycles. The maximum absolute atomic E-state index is 3.66. The van der Waals surface area contributed by atoms with Crippen molar-refractivity contribution >= 4 is 11.3 Å². The van der Waals surface area contributed by atoms with Gasteiger partial charge in [0.15, 0.2) is 0 Å². The van der Waals surface area contributed by atoms with E-state index in [-0.39, 0.29) is 5.41 Å². The third-order valence-corrected chi connectivity index (χ3v) is 5.80. The van der Waals surface area contributed by atoms with Crippen molar-refractivity contribution in [1.82, 2.24) is 10.2 Å². The Balaban J connectivity index is 1.70. The first-order valence-electron chi connectivity index (χ1n) is 8.01. The first-order valence-corrected chi connectivity index (χ1v) is 8.83. The Morgan fingerprint density at radius 3 is 2.50 bits per heavy atom. The summed E-state index contributed by atoms with van der Waals surface area (Å²) in [5.74, 6) is 0.875. The van der Waals surface area contributed by atoms with Crippen LogP contribution in [0.1, 0.15) is 50.3 Å². The van der Waals surface area contributed by atoms with Crippen molar-refractivity contribution in [3.63, 3.8) is 0 Å². The monoisotopic (exact) mass is 294 g/mol. The van der Waals surface area contributed by atoms with Gasteiger partial charge in [-0.2, -0.15) is 0 Å². The standard InChI is InChI=1S/C17H30N2S/c1-5-19-10-8-14(9-11-19)12-18-13-15-6-7-16(20-15)17(2,3)4/h6-7,14,18H,5,8-13H2,1-4H3. The molecular formula is C17H30N2S. The Morgan fingerprint density at radius 2 is 1.95 bits per heavy atom. The first kappa shape index (κ1) is 16.0. The second kappa shape index (κ2) is 7.06. The molecule has 114 valence electrons. The highest BCUT2D eigenvalue weighted by atomic mass is 32.1. The van der Waals surface area contributed by atoms with E-state index >= 15 is 0 Å². The summed E-state index contributed by atoms with van der Waals surface area (Å²) in [4.78, 5) is 5.53. The minimum Gasteiger partial charge on any atom is -0.312 e. The fourth-order valence-corrected chi connectivity index (χ4v) is 3.82. The Kier molecular flexibility index (Phi) is 5.65. The van der Waals surface area contributed by atoms with E-state index < -0.39 is 0 Å². The molecule has 1 aliphatic heterocycles. The van der Waals surface area contributed by atoms with E-state index in [0.717, 1.165) is 12.5 Å². The number of hydrogen-bond acceptors (Lipinski definition) is 3. The molecule has 2 nitrogen and oxygen atoms in total. The van der Waals surface area contributed by atoms with Crippen LogP contribution in [-0.2, 0) is 12.0 Å². The summed E-state index contributed by atoms with van der Waals surface area (Å²) in [6.45, 7) is 15.1. The van der Waals surface area contributed by atoms with Crippen molar-refractivity contribution in [3.05, 3.63) is 21.9 Å². The minimum absolute atomic E-state index is 0.288. The second-order valence-electron chi connectivity index (χ2n) is 7.02. The van der Waals surface area contributed by atoms with Gasteiger partial charge in [-0.25, -0.2) is 0 Å². The molecule has 1 N–H and O–H groups in total. The normalized spacial score (nSPS) is 18.6. The van der Waals surface area contributed by atoms with Gasteiger partial charge < -0.3 is 10.2 Å². The maximum Gasteiger partial charge on any atom is 0.0299 e. The fraction of sp³-hybridized carbons (Fsp3) is 0.765. The number of piperidine rings is 1. The summed E-state index contributed by atoms with van der Waals surface area (Å²) in [6.07, 6.45) is 2.72. The molecule has 1 aromatic heterocycles. The fourth-order valence-electron chi connectivity index (χ4n) is 2.78. The Bertz CT molecular complexity index is 397. The molecular weight excluding hydrogens is 264 g/mol. The molecule has 0 unspecified atom stereocenters. The van der Waals surface area contributed by atoms with Crippen LogP contribution in [0.2, 0.25) is 0 Å². The zero-order valence-electron chi connectivity index (χ0n) is 13.5. The molecule has 1 aliphatic rings. The van der Waals surface area contributed by atoms with Gasteiger partial charge in [0, 0.05) is 16.3 Å². The molecule has 2 heterocycles. The summed E-state index contributed by atoms with van der Waals surface area (Å²) in [5.41, 5.74) is 0.288. The summed E-state index contributed by atoms with van der Waals surface area (Å²) < 4.78 is 0. The van der Waals surface area contributed by atoms with Gasteiger partial charge >= 0.3 is 0 Å². The van der Waals surface area contributed by atoms with Crippen molar-refractivity contribution in [1.29, 1.82) is 0 Å². The SMILES string of the molecule is CCN1CCC(CNCc2ccc(C(C)(C)C)s2)CC1. The van der Waals surface area contributed by atoms with Gasteiger partial charge in [-0.1, -0.05) is 27.7 Å². The molecule has 20 heavy (non-hydrogen) atoms. The molecule has 0 spiro atoms. The second-order valence-corrected chi connectivity index (χ2v) is 8.19. The highest BCUT2D eigenvalue weighted by Gasteiger charge is 2.18. The zero-order valence-corrected chi connectivity index (χ0v) is 14.4. The highest BCUT2D eigenvalue weighted by Crippen LogP contribution is 2.29. The van der Waals surface area contributed by atoms with E-state index in [0.29, 0.717) is 0 Å². The van der Waals surface area contributed by atoms with E-state index in [2.05, 4.69) is 50.0 Å². The van der Waals surface area contributed by atoms with Crippen molar-refractivity contribution in [2.75, 3.05) is 26.2 Å². The van der Waals surface area contributed by atoms with Crippen molar-refractivity contribution < 1.29 is 0 Å². The molecule has 0 bridgehead atoms. The Hall–Kier alpha value is -0.380. The zero-order chi connectivity index (χ0) is 14.6. The van der Waals surface area contributed by atoms with Crippen LogP contribution in [0.4, 0.5) is 0 Å². The Morgan fingerprint density at radius 1 is 1.25 bits per heavy atom. The number of hydrogen-bond donors (Lipinski definition) is 1. The maximum atomic E-state index is 3.66. The number of rotatable bonds is 5. The molecule has 0 atom stereocenters. The van der Waals surface area contributed by atoms with E-state index in [1.165, 1.54) is 48.8 Å². The molecule has 1 aromatic rings. The number of nitrogens with one attached hydrogen (secondary N) is 1. The van der Waals surface area contributed by atoms with E-state index in [9.17, 15) is 0 Å². The van der Waals surface area contributed by atoms with Gasteiger partial charge in [0.1, 0.15) is 0 Å². The van der Waals surface area contributed by atoms with Crippen molar-refractivity contribution in [2.24, 2.45) is 5.92 Å². The highest BCUT2D eigenvalue weighted by molar-refractivity contribution is 7.12. The smallest absolute Gasteiger partial charge is 0.0299 e. The molecule has 0 aliphatic carbocycles. The van der Waals surface area contributed by atoms with E-state index in [4.69, 9.17) is 0 Å². The van der Waals surface area contributed by atoms with E-state index in [1.807, 2.05) is 11.3 Å². The average molecular weight is 295 g/mol. The first-order chi connectivity index (χ1) is 9.49. The van der Waals surface area contributed by atoms with Gasteiger partial charge in [-0.15, -0.1) is 11.3 Å².